The Morgan fingerprint density at radius 1 is 0.228 bits per heavy atom. The van der Waals surface area contributed by atoms with Gasteiger partial charge in [0, 0.05) is 115 Å². The lowest BCUT2D eigenvalue weighted by Crippen LogP contribution is -2.45. The van der Waals surface area contributed by atoms with Gasteiger partial charge in [-0.25, -0.2) is 19.9 Å². The molecule has 0 aliphatic rings. The smallest absolute Gasteiger partial charge is 0.138 e. The van der Waals surface area contributed by atoms with E-state index in [-0.39, 0.29) is 26.4 Å². The van der Waals surface area contributed by atoms with Crippen LogP contribution in [0, 0.1) is 5.41 Å². The highest BCUT2D eigenvalue weighted by atomic mass is 16.5. The van der Waals surface area contributed by atoms with Crippen molar-refractivity contribution in [3.05, 3.63) is 244 Å². The lowest BCUT2D eigenvalue weighted by Gasteiger charge is -2.33. The summed E-state index contributed by atoms with van der Waals surface area (Å²) in [7, 11) is 0. The Balaban J connectivity index is 0.691. The lowest BCUT2D eigenvalue weighted by atomic mass is 9.92. The third-order valence-electron chi connectivity index (χ3n) is 18.9. The molecule has 0 saturated heterocycles. The van der Waals surface area contributed by atoms with Crippen LogP contribution in [0.2, 0.25) is 0 Å². The van der Waals surface area contributed by atoms with Gasteiger partial charge < -0.3 is 38.9 Å². The molecule has 4 N–H and O–H groups in total. The molecule has 0 radical (unpaired) electrons. The van der Waals surface area contributed by atoms with E-state index < -0.39 is 5.41 Å². The predicted molar refractivity (Wildman–Crippen MR) is 393 cm³/mol. The lowest BCUT2D eigenvalue weighted by molar-refractivity contribution is -0.00347. The number of ether oxygens (including phenoxy) is 4. The van der Waals surface area contributed by atoms with E-state index in [1.54, 1.807) is 49.6 Å². The summed E-state index contributed by atoms with van der Waals surface area (Å²) in [4.78, 5) is 73.5. The number of fused-ring (bicyclic) bond motifs is 24. The molecule has 0 fully saturated rings. The van der Waals surface area contributed by atoms with Crippen LogP contribution in [0.4, 0.5) is 0 Å². The molecule has 12 aromatic heterocycles. The van der Waals surface area contributed by atoms with Crippen LogP contribution in [0.5, 0.6) is 23.0 Å². The fourth-order valence-corrected chi connectivity index (χ4v) is 14.1. The third-order valence-corrected chi connectivity index (χ3v) is 18.9. The van der Waals surface area contributed by atoms with E-state index in [4.69, 9.17) is 78.8 Å². The minimum atomic E-state index is -1.08. The molecule has 20 heteroatoms. The molecule has 0 aliphatic heterocycles. The quantitative estimate of drug-likeness (QED) is 0.0656. The van der Waals surface area contributed by atoms with Crippen molar-refractivity contribution in [1.82, 2.24) is 79.7 Å². The van der Waals surface area contributed by atoms with E-state index in [0.29, 0.717) is 46.3 Å². The first-order valence-corrected chi connectivity index (χ1v) is 33.0. The second-order valence-corrected chi connectivity index (χ2v) is 25.2. The van der Waals surface area contributed by atoms with Gasteiger partial charge in [-0.1, -0.05) is 48.5 Å². The van der Waals surface area contributed by atoms with Gasteiger partial charge in [-0.2, -0.15) is 0 Å². The minimum absolute atomic E-state index is 0.0473. The molecule has 8 aromatic carbocycles. The molecule has 0 atom stereocenters. The van der Waals surface area contributed by atoms with E-state index in [0.717, 1.165) is 154 Å². The largest absolute Gasteiger partial charge is 0.493 e. The number of aromatic amines is 4. The molecule has 20 aromatic rings. The van der Waals surface area contributed by atoms with Crippen molar-refractivity contribution < 1.29 is 18.9 Å². The highest BCUT2D eigenvalue weighted by Gasteiger charge is 2.37. The van der Waals surface area contributed by atoms with Crippen LogP contribution in [0.3, 0.4) is 0 Å². The molecular weight excluding hydrogens is 1260 g/mol. The summed E-state index contributed by atoms with van der Waals surface area (Å²) in [6.45, 7) is 0.189. The fraction of sp³-hybridized carbons (Fsp3) is 0.0617. The minimum Gasteiger partial charge on any atom is -0.493 e. The van der Waals surface area contributed by atoms with Gasteiger partial charge >= 0.3 is 0 Å². The summed E-state index contributed by atoms with van der Waals surface area (Å²) in [5.41, 5.74) is 15.1. The first-order valence-electron chi connectivity index (χ1n) is 33.0. The topological polar surface area (TPSA) is 255 Å². The monoisotopic (exact) mass is 1310 g/mol. The average Bonchev–Trinajstić information content (AvgIpc) is 1.66. The summed E-state index contributed by atoms with van der Waals surface area (Å²) in [6.07, 6.45) is 14.3. The van der Waals surface area contributed by atoms with Gasteiger partial charge in [0.2, 0.25) is 0 Å². The van der Waals surface area contributed by atoms with Crippen molar-refractivity contribution in [1.29, 1.82) is 0 Å². The number of aromatic nitrogens is 16. The molecule has 480 valence electrons. The maximum atomic E-state index is 7.13. The molecule has 0 unspecified atom stereocenters. The Labute approximate surface area is 571 Å². The van der Waals surface area contributed by atoms with E-state index in [1.165, 1.54) is 0 Å². The maximum absolute atomic E-state index is 7.13. The van der Waals surface area contributed by atoms with Gasteiger partial charge in [0.15, 0.2) is 0 Å². The molecule has 0 aliphatic carbocycles. The van der Waals surface area contributed by atoms with Crippen LogP contribution in [0.15, 0.2) is 244 Å². The number of H-pyrrole nitrogens is 4. The number of hydrogen-bond acceptors (Lipinski definition) is 16. The summed E-state index contributed by atoms with van der Waals surface area (Å²) < 4.78 is 28.5. The van der Waals surface area contributed by atoms with Gasteiger partial charge in [0.25, 0.3) is 0 Å². The molecule has 0 saturated carbocycles. The number of pyridine rings is 8. The molecule has 20 rings (SSSR count). The summed E-state index contributed by atoms with van der Waals surface area (Å²) in [5.74, 6) is 4.95. The van der Waals surface area contributed by atoms with Crippen molar-refractivity contribution in [2.24, 2.45) is 5.41 Å². The standard InChI is InChI=1S/C81H52N16O4/c1-13-45(77-90-69-53-21-5-29-82-61(53)62-54(70(69)91-77)22-6-30-83-62)37-49(17-1)98-41-81(42-99-50-18-2-14-46(38-50)78-92-71-55-23-7-31-84-63(55)64-56(72(71)93-78)24-8-32-85-64,43-100-51-19-3-15-47(39-51)79-94-73-57-25-9-33-86-65(57)66-58(74(73)95-79)26-10-34-87-66)44-101-52-20-4-16-48(40-52)80-96-75-59-27-11-35-88-67(59)68-60(76(75)97-80)28-12-36-89-68/h1-40H,41-44H2,(H,90,91)(H,92,93)(H,94,95)(H,96,97). The van der Waals surface area contributed by atoms with Gasteiger partial charge in [-0.3, -0.25) is 39.9 Å². The van der Waals surface area contributed by atoms with Crippen LogP contribution in [0.1, 0.15) is 0 Å². The SMILES string of the molecule is c1cc(OCC(COc2cccc(-c3nc4c5cccnc5c5ncccc5c4[nH]3)c2)(COc2cccc(-c3nc4c5cccnc5c5ncccc5c4[nH]3)c2)COc2cccc(-c3nc4c5cccnc5c5ncccc5c4[nH]3)c2)cc(-c2nc3c4cccnc4c4ncccc4c3[nH]2)c1. The molecule has 20 nitrogen and oxygen atoms in total. The van der Waals surface area contributed by atoms with Crippen LogP contribution < -0.4 is 18.9 Å². The van der Waals surface area contributed by atoms with E-state index in [2.05, 4.69) is 19.9 Å². The van der Waals surface area contributed by atoms with Gasteiger partial charge in [-0.05, 0) is 146 Å². The Morgan fingerprint density at radius 2 is 0.436 bits per heavy atom. The van der Waals surface area contributed by atoms with E-state index in [1.807, 2.05) is 194 Å². The number of hydrogen-bond donors (Lipinski definition) is 4. The molecule has 0 bridgehead atoms. The molecular formula is C81H52N16O4. The van der Waals surface area contributed by atoms with Gasteiger partial charge in [-0.15, -0.1) is 0 Å². The van der Waals surface area contributed by atoms with Crippen molar-refractivity contribution in [2.75, 3.05) is 26.4 Å². The number of nitrogens with one attached hydrogen (secondary N) is 4. The normalized spacial score (nSPS) is 12.1. The van der Waals surface area contributed by atoms with Crippen molar-refractivity contribution in [3.8, 4) is 68.5 Å². The first-order chi connectivity index (χ1) is 50.0. The zero-order valence-corrected chi connectivity index (χ0v) is 53.4. The Morgan fingerprint density at radius 3 is 0.663 bits per heavy atom. The fourth-order valence-electron chi connectivity index (χ4n) is 14.1. The second kappa shape index (κ2) is 23.2. The number of imidazole rings is 4. The average molecular weight is 1310 g/mol. The molecule has 101 heavy (non-hydrogen) atoms. The summed E-state index contributed by atoms with van der Waals surface area (Å²) in [6, 6.07) is 63.4. The predicted octanol–water partition coefficient (Wildman–Crippen LogP) is 16.8. The summed E-state index contributed by atoms with van der Waals surface area (Å²) in [5, 5.41) is 7.28. The van der Waals surface area contributed by atoms with Crippen molar-refractivity contribution in [3.63, 3.8) is 0 Å². The van der Waals surface area contributed by atoms with Crippen LogP contribution in [-0.2, 0) is 0 Å². The van der Waals surface area contributed by atoms with Crippen molar-refractivity contribution >= 4 is 131 Å². The molecule has 0 amide bonds. The Hall–Kier alpha value is -13.9. The first kappa shape index (κ1) is 57.4. The Bertz CT molecular complexity index is 5650. The molecule has 12 heterocycles. The zero-order valence-electron chi connectivity index (χ0n) is 53.4. The molecule has 0 spiro atoms. The van der Waals surface area contributed by atoms with Gasteiger partial charge in [0.05, 0.1) is 88.3 Å². The third kappa shape index (κ3) is 9.74. The maximum Gasteiger partial charge on any atom is 0.138 e. The van der Waals surface area contributed by atoms with Gasteiger partial charge in [0.1, 0.15) is 78.1 Å². The number of rotatable bonds is 16. The van der Waals surface area contributed by atoms with E-state index >= 15 is 0 Å². The Kier molecular flexibility index (Phi) is 13.2. The number of nitrogens with zero attached hydrogens (tertiary/aromatic N) is 12. The highest BCUT2D eigenvalue weighted by Crippen LogP contribution is 2.40. The van der Waals surface area contributed by atoms with Crippen LogP contribution >= 0.6 is 0 Å². The zero-order chi connectivity index (χ0) is 66.5. The van der Waals surface area contributed by atoms with Crippen LogP contribution in [-0.4, -0.2) is 106 Å². The highest BCUT2D eigenvalue weighted by molar-refractivity contribution is 6.24. The van der Waals surface area contributed by atoms with Crippen molar-refractivity contribution in [2.45, 2.75) is 0 Å². The van der Waals surface area contributed by atoms with Crippen LogP contribution in [0.25, 0.3) is 177 Å². The second-order valence-electron chi connectivity index (χ2n) is 25.2. The number of benzene rings is 8. The van der Waals surface area contributed by atoms with E-state index in [9.17, 15) is 0 Å². The summed E-state index contributed by atoms with van der Waals surface area (Å²) >= 11 is 0.